The van der Waals surface area contributed by atoms with Crippen molar-refractivity contribution in [1.82, 2.24) is 20.6 Å². The molecule has 2 N–H and O–H groups in total. The molecule has 0 aliphatic carbocycles. The molecule has 3 heterocycles. The zero-order valence-corrected chi connectivity index (χ0v) is 13.9. The van der Waals surface area contributed by atoms with Crippen LogP contribution < -0.4 is 15.5 Å². The van der Waals surface area contributed by atoms with Crippen molar-refractivity contribution in [3.8, 4) is 0 Å². The summed E-state index contributed by atoms with van der Waals surface area (Å²) in [4.78, 5) is 34.6. The van der Waals surface area contributed by atoms with E-state index in [-0.39, 0.29) is 24.3 Å². The van der Waals surface area contributed by atoms with Crippen molar-refractivity contribution < 1.29 is 14.0 Å². The largest absolute Gasteiger partial charge is 0.467 e. The number of nitrogens with zero attached hydrogens (tertiary/aromatic N) is 3. The lowest BCUT2D eigenvalue weighted by Gasteiger charge is -2.31. The minimum Gasteiger partial charge on any atom is -0.467 e. The molecule has 2 amide bonds. The molecular formula is C17H21N5O3. The Hall–Kier alpha value is -2.90. The van der Waals surface area contributed by atoms with Gasteiger partial charge in [0.15, 0.2) is 0 Å². The number of aromatic nitrogens is 2. The maximum absolute atomic E-state index is 12.3. The normalized spacial score (nSPS) is 17.1. The second-order valence-corrected chi connectivity index (χ2v) is 5.91. The van der Waals surface area contributed by atoms with Gasteiger partial charge in [0.2, 0.25) is 17.8 Å². The zero-order chi connectivity index (χ0) is 17.5. The summed E-state index contributed by atoms with van der Waals surface area (Å²) in [7, 11) is 0. The van der Waals surface area contributed by atoms with Gasteiger partial charge in [0.05, 0.1) is 25.3 Å². The number of piperidine rings is 1. The van der Waals surface area contributed by atoms with Crippen LogP contribution >= 0.6 is 0 Å². The fourth-order valence-corrected chi connectivity index (χ4v) is 2.80. The maximum atomic E-state index is 12.3. The molecule has 1 aliphatic rings. The van der Waals surface area contributed by atoms with Gasteiger partial charge in [-0.3, -0.25) is 9.59 Å². The molecule has 2 aromatic heterocycles. The molecule has 2 aromatic rings. The van der Waals surface area contributed by atoms with Gasteiger partial charge in [-0.1, -0.05) is 0 Å². The third-order valence-electron chi connectivity index (χ3n) is 4.09. The van der Waals surface area contributed by atoms with Crippen molar-refractivity contribution in [2.45, 2.75) is 19.4 Å². The first-order valence-electron chi connectivity index (χ1n) is 8.31. The molecule has 0 bridgehead atoms. The van der Waals surface area contributed by atoms with Crippen LogP contribution in [0.1, 0.15) is 18.6 Å². The molecule has 0 radical (unpaired) electrons. The lowest BCUT2D eigenvalue weighted by molar-refractivity contribution is -0.128. The van der Waals surface area contributed by atoms with Gasteiger partial charge in [-0.2, -0.15) is 0 Å². The van der Waals surface area contributed by atoms with Crippen molar-refractivity contribution in [2.24, 2.45) is 5.92 Å². The summed E-state index contributed by atoms with van der Waals surface area (Å²) in [6.07, 6.45) is 6.61. The average Bonchev–Trinajstić information content (AvgIpc) is 3.19. The Kier molecular flexibility index (Phi) is 5.61. The number of amides is 2. The van der Waals surface area contributed by atoms with Gasteiger partial charge in [0.1, 0.15) is 5.76 Å². The summed E-state index contributed by atoms with van der Waals surface area (Å²) in [5, 5.41) is 5.41. The van der Waals surface area contributed by atoms with Crippen LogP contribution in [0.3, 0.4) is 0 Å². The van der Waals surface area contributed by atoms with Crippen LogP contribution in [0.2, 0.25) is 0 Å². The molecule has 1 atom stereocenters. The highest BCUT2D eigenvalue weighted by atomic mass is 16.3. The smallest absolute Gasteiger partial charge is 0.239 e. The summed E-state index contributed by atoms with van der Waals surface area (Å²) in [5.41, 5.74) is 0. The lowest BCUT2D eigenvalue weighted by Crippen LogP contribution is -2.46. The van der Waals surface area contributed by atoms with E-state index < -0.39 is 0 Å². The van der Waals surface area contributed by atoms with Crippen LogP contribution in [0.5, 0.6) is 0 Å². The Bertz CT molecular complexity index is 690. The third-order valence-corrected chi connectivity index (χ3v) is 4.09. The molecule has 132 valence electrons. The van der Waals surface area contributed by atoms with Crippen LogP contribution in [0.4, 0.5) is 5.95 Å². The first-order valence-corrected chi connectivity index (χ1v) is 8.31. The zero-order valence-electron chi connectivity index (χ0n) is 13.9. The molecule has 0 aromatic carbocycles. The Morgan fingerprint density at radius 1 is 1.24 bits per heavy atom. The van der Waals surface area contributed by atoms with Gasteiger partial charge in [-0.25, -0.2) is 9.97 Å². The Morgan fingerprint density at radius 2 is 2.08 bits per heavy atom. The Balaban J connectivity index is 1.43. The van der Waals surface area contributed by atoms with Gasteiger partial charge in [-0.05, 0) is 31.0 Å². The van der Waals surface area contributed by atoms with Gasteiger partial charge >= 0.3 is 0 Å². The molecule has 8 nitrogen and oxygen atoms in total. The Morgan fingerprint density at radius 3 is 2.84 bits per heavy atom. The molecule has 0 spiro atoms. The standard InChI is InChI=1S/C17H21N5O3/c23-15(20-10-14-5-2-9-25-14)11-21-16(24)13-4-1-8-22(12-13)17-18-6-3-7-19-17/h2-3,5-7,9,13H,1,4,8,10-12H2,(H,20,23)(H,21,24). The molecule has 1 aliphatic heterocycles. The number of hydrogen-bond donors (Lipinski definition) is 2. The summed E-state index contributed by atoms with van der Waals surface area (Å²) in [6.45, 7) is 1.66. The highest BCUT2D eigenvalue weighted by Crippen LogP contribution is 2.19. The van der Waals surface area contributed by atoms with Crippen LogP contribution in [0.25, 0.3) is 0 Å². The molecule has 8 heteroatoms. The van der Waals surface area contributed by atoms with Crippen molar-refractivity contribution in [3.63, 3.8) is 0 Å². The molecular weight excluding hydrogens is 322 g/mol. The Labute approximate surface area is 145 Å². The number of carbonyl (C=O) groups is 2. The van der Waals surface area contributed by atoms with E-state index in [0.717, 1.165) is 19.4 Å². The van der Waals surface area contributed by atoms with E-state index in [9.17, 15) is 9.59 Å². The predicted octanol–water partition coefficient (Wildman–Crippen LogP) is 0.719. The van der Waals surface area contributed by atoms with E-state index in [4.69, 9.17) is 4.42 Å². The van der Waals surface area contributed by atoms with Gasteiger partial charge < -0.3 is 20.0 Å². The maximum Gasteiger partial charge on any atom is 0.239 e. The summed E-state index contributed by atoms with van der Waals surface area (Å²) < 4.78 is 5.14. The van der Waals surface area contributed by atoms with E-state index in [0.29, 0.717) is 24.8 Å². The van der Waals surface area contributed by atoms with E-state index in [2.05, 4.69) is 20.6 Å². The minimum atomic E-state index is -0.246. The van der Waals surface area contributed by atoms with Crippen LogP contribution in [-0.4, -0.2) is 41.4 Å². The third kappa shape index (κ3) is 4.79. The molecule has 3 rings (SSSR count). The molecule has 1 saturated heterocycles. The van der Waals surface area contributed by atoms with Crippen LogP contribution in [0, 0.1) is 5.92 Å². The molecule has 25 heavy (non-hydrogen) atoms. The SMILES string of the molecule is O=C(CNC(=O)C1CCCN(c2ncccn2)C1)NCc1ccco1. The van der Waals surface area contributed by atoms with E-state index in [1.807, 2.05) is 4.90 Å². The monoisotopic (exact) mass is 343 g/mol. The van der Waals surface area contributed by atoms with Crippen molar-refractivity contribution >= 4 is 17.8 Å². The number of rotatable bonds is 6. The number of furan rings is 1. The summed E-state index contributed by atoms with van der Waals surface area (Å²) >= 11 is 0. The molecule has 0 saturated carbocycles. The second-order valence-electron chi connectivity index (χ2n) is 5.91. The van der Waals surface area contributed by atoms with Crippen LogP contribution in [0.15, 0.2) is 41.3 Å². The summed E-state index contributed by atoms with van der Waals surface area (Å²) in [5.74, 6) is 0.773. The quantitative estimate of drug-likeness (QED) is 0.801. The van der Waals surface area contributed by atoms with E-state index in [1.54, 1.807) is 36.9 Å². The fourth-order valence-electron chi connectivity index (χ4n) is 2.80. The molecule has 1 fully saturated rings. The van der Waals surface area contributed by atoms with Crippen molar-refractivity contribution in [2.75, 3.05) is 24.5 Å². The number of carbonyl (C=O) groups excluding carboxylic acids is 2. The van der Waals surface area contributed by atoms with Gasteiger partial charge in [-0.15, -0.1) is 0 Å². The number of hydrogen-bond acceptors (Lipinski definition) is 6. The van der Waals surface area contributed by atoms with Crippen molar-refractivity contribution in [1.29, 1.82) is 0 Å². The fraction of sp³-hybridized carbons (Fsp3) is 0.412. The first-order chi connectivity index (χ1) is 12.2. The van der Waals surface area contributed by atoms with Gasteiger partial charge in [0.25, 0.3) is 0 Å². The highest BCUT2D eigenvalue weighted by Gasteiger charge is 2.27. The van der Waals surface area contributed by atoms with Gasteiger partial charge in [0, 0.05) is 25.5 Å². The second kappa shape index (κ2) is 8.27. The first kappa shape index (κ1) is 16.9. The van der Waals surface area contributed by atoms with E-state index in [1.165, 1.54) is 0 Å². The number of nitrogens with one attached hydrogen (secondary N) is 2. The number of anilines is 1. The lowest BCUT2D eigenvalue weighted by atomic mass is 9.97. The van der Waals surface area contributed by atoms with Crippen LogP contribution in [-0.2, 0) is 16.1 Å². The molecule has 1 unspecified atom stereocenters. The average molecular weight is 343 g/mol. The van der Waals surface area contributed by atoms with E-state index >= 15 is 0 Å². The summed E-state index contributed by atoms with van der Waals surface area (Å²) in [6, 6.07) is 5.30. The topological polar surface area (TPSA) is 100 Å². The predicted molar refractivity (Wildman–Crippen MR) is 90.5 cm³/mol. The highest BCUT2D eigenvalue weighted by molar-refractivity contribution is 5.86. The van der Waals surface area contributed by atoms with Crippen molar-refractivity contribution in [3.05, 3.63) is 42.6 Å². The minimum absolute atomic E-state index is 0.0438.